The molecule has 0 saturated heterocycles. The molecule has 0 bridgehead atoms. The van der Waals surface area contributed by atoms with E-state index in [0.717, 1.165) is 30.3 Å². The number of halogens is 3. The fourth-order valence-corrected chi connectivity index (χ4v) is 3.71. The number of methoxy groups -OCH3 is 1. The molecule has 2 aromatic rings. The number of rotatable bonds is 3. The Hall–Kier alpha value is -0.360. The monoisotopic (exact) mass is 447 g/mol. The molecular formula is C14H12Br3NO. The van der Waals surface area contributed by atoms with Crippen LogP contribution in [0.4, 0.5) is 0 Å². The van der Waals surface area contributed by atoms with Gasteiger partial charge in [-0.15, -0.1) is 0 Å². The zero-order valence-corrected chi connectivity index (χ0v) is 14.9. The highest BCUT2D eigenvalue weighted by Crippen LogP contribution is 2.34. The van der Waals surface area contributed by atoms with Gasteiger partial charge in [-0.1, -0.05) is 59.9 Å². The SMILES string of the molecule is COc1ccc(C(N)c2ccc(Br)cc2Br)c(Br)c1. The second-order valence-electron chi connectivity index (χ2n) is 4.03. The van der Waals surface area contributed by atoms with Crippen molar-refractivity contribution >= 4 is 47.8 Å². The first-order valence-electron chi connectivity index (χ1n) is 5.57. The third-order valence-corrected chi connectivity index (χ3v) is 4.71. The van der Waals surface area contributed by atoms with E-state index in [0.29, 0.717) is 0 Å². The minimum Gasteiger partial charge on any atom is -0.497 e. The smallest absolute Gasteiger partial charge is 0.120 e. The van der Waals surface area contributed by atoms with Gasteiger partial charge in [-0.2, -0.15) is 0 Å². The number of nitrogens with two attached hydrogens (primary N) is 1. The maximum absolute atomic E-state index is 6.34. The molecule has 0 heterocycles. The van der Waals surface area contributed by atoms with Crippen molar-refractivity contribution in [2.24, 2.45) is 5.73 Å². The molecule has 0 radical (unpaired) electrons. The van der Waals surface area contributed by atoms with E-state index in [2.05, 4.69) is 47.8 Å². The van der Waals surface area contributed by atoms with Gasteiger partial charge in [-0.25, -0.2) is 0 Å². The predicted octanol–water partition coefficient (Wildman–Crippen LogP) is 5.03. The van der Waals surface area contributed by atoms with Crippen LogP contribution in [-0.2, 0) is 0 Å². The van der Waals surface area contributed by atoms with Crippen molar-refractivity contribution < 1.29 is 4.74 Å². The zero-order valence-electron chi connectivity index (χ0n) is 10.2. The van der Waals surface area contributed by atoms with Crippen LogP contribution in [0.15, 0.2) is 49.8 Å². The maximum atomic E-state index is 6.34. The van der Waals surface area contributed by atoms with Crippen LogP contribution < -0.4 is 10.5 Å². The van der Waals surface area contributed by atoms with Gasteiger partial charge in [0.25, 0.3) is 0 Å². The first-order valence-corrected chi connectivity index (χ1v) is 7.95. The molecule has 0 aliphatic heterocycles. The lowest BCUT2D eigenvalue weighted by molar-refractivity contribution is 0.414. The Morgan fingerprint density at radius 2 is 1.53 bits per heavy atom. The molecule has 2 nitrogen and oxygen atoms in total. The lowest BCUT2D eigenvalue weighted by Crippen LogP contribution is -2.13. The lowest BCUT2D eigenvalue weighted by Gasteiger charge is -2.17. The number of hydrogen-bond donors (Lipinski definition) is 1. The van der Waals surface area contributed by atoms with Gasteiger partial charge in [0.05, 0.1) is 13.2 Å². The summed E-state index contributed by atoms with van der Waals surface area (Å²) in [7, 11) is 1.65. The van der Waals surface area contributed by atoms with E-state index in [1.54, 1.807) is 7.11 Å². The molecule has 2 rings (SSSR count). The Kier molecular flexibility index (Phi) is 5.06. The average Bonchev–Trinajstić information content (AvgIpc) is 2.37. The second kappa shape index (κ2) is 6.39. The molecule has 0 aliphatic rings. The van der Waals surface area contributed by atoms with Gasteiger partial charge in [0, 0.05) is 13.4 Å². The van der Waals surface area contributed by atoms with Gasteiger partial charge in [0.2, 0.25) is 0 Å². The minimum atomic E-state index is -0.206. The molecule has 5 heteroatoms. The quantitative estimate of drug-likeness (QED) is 0.713. The van der Waals surface area contributed by atoms with E-state index in [4.69, 9.17) is 10.5 Å². The van der Waals surface area contributed by atoms with Crippen molar-refractivity contribution in [3.05, 3.63) is 60.9 Å². The Bertz CT molecular complexity index is 601. The van der Waals surface area contributed by atoms with Crippen molar-refractivity contribution in [2.45, 2.75) is 6.04 Å². The predicted molar refractivity (Wildman–Crippen MR) is 88.6 cm³/mol. The summed E-state index contributed by atoms with van der Waals surface area (Å²) in [4.78, 5) is 0. The summed E-state index contributed by atoms with van der Waals surface area (Å²) < 4.78 is 8.13. The van der Waals surface area contributed by atoms with Crippen molar-refractivity contribution in [1.29, 1.82) is 0 Å². The van der Waals surface area contributed by atoms with Gasteiger partial charge < -0.3 is 10.5 Å². The molecule has 0 fully saturated rings. The van der Waals surface area contributed by atoms with Gasteiger partial charge in [0.15, 0.2) is 0 Å². The van der Waals surface area contributed by atoms with Crippen LogP contribution in [0.2, 0.25) is 0 Å². The summed E-state index contributed by atoms with van der Waals surface area (Å²) in [6, 6.07) is 11.6. The second-order valence-corrected chi connectivity index (χ2v) is 6.66. The molecule has 2 aromatic carbocycles. The largest absolute Gasteiger partial charge is 0.497 e. The van der Waals surface area contributed by atoms with Gasteiger partial charge >= 0.3 is 0 Å². The van der Waals surface area contributed by atoms with Crippen LogP contribution in [0.25, 0.3) is 0 Å². The summed E-state index contributed by atoms with van der Waals surface area (Å²) in [6.45, 7) is 0. The van der Waals surface area contributed by atoms with Crippen molar-refractivity contribution in [1.82, 2.24) is 0 Å². The van der Waals surface area contributed by atoms with Crippen LogP contribution >= 0.6 is 47.8 Å². The van der Waals surface area contributed by atoms with Crippen LogP contribution in [-0.4, -0.2) is 7.11 Å². The molecule has 19 heavy (non-hydrogen) atoms. The van der Waals surface area contributed by atoms with Crippen LogP contribution in [0.1, 0.15) is 17.2 Å². The van der Waals surface area contributed by atoms with E-state index >= 15 is 0 Å². The third kappa shape index (κ3) is 3.40. The van der Waals surface area contributed by atoms with E-state index < -0.39 is 0 Å². The Morgan fingerprint density at radius 3 is 2.05 bits per heavy atom. The number of ether oxygens (including phenoxy) is 1. The first kappa shape index (κ1) is 15.0. The van der Waals surface area contributed by atoms with Crippen molar-refractivity contribution in [3.63, 3.8) is 0 Å². The van der Waals surface area contributed by atoms with Gasteiger partial charge in [-0.05, 0) is 35.4 Å². The van der Waals surface area contributed by atoms with Crippen LogP contribution in [0, 0.1) is 0 Å². The highest BCUT2D eigenvalue weighted by Gasteiger charge is 2.15. The topological polar surface area (TPSA) is 35.2 Å². The number of benzene rings is 2. The molecular weight excluding hydrogens is 438 g/mol. The van der Waals surface area contributed by atoms with E-state index in [1.807, 2.05) is 36.4 Å². The molecule has 0 aliphatic carbocycles. The molecule has 100 valence electrons. The van der Waals surface area contributed by atoms with E-state index in [9.17, 15) is 0 Å². The highest BCUT2D eigenvalue weighted by atomic mass is 79.9. The van der Waals surface area contributed by atoms with Crippen molar-refractivity contribution in [3.8, 4) is 5.75 Å². The summed E-state index contributed by atoms with van der Waals surface area (Å²) >= 11 is 10.5. The van der Waals surface area contributed by atoms with E-state index in [1.165, 1.54) is 0 Å². The maximum Gasteiger partial charge on any atom is 0.120 e. The fourth-order valence-electron chi connectivity index (χ4n) is 1.81. The van der Waals surface area contributed by atoms with Gasteiger partial charge in [-0.3, -0.25) is 0 Å². The molecule has 0 amide bonds. The third-order valence-electron chi connectivity index (χ3n) is 2.84. The Labute approximate surface area is 137 Å². The highest BCUT2D eigenvalue weighted by molar-refractivity contribution is 9.11. The van der Waals surface area contributed by atoms with Gasteiger partial charge in [0.1, 0.15) is 5.75 Å². The molecule has 1 unspecified atom stereocenters. The summed E-state index contributed by atoms with van der Waals surface area (Å²) in [5.74, 6) is 0.803. The lowest BCUT2D eigenvalue weighted by atomic mass is 10.00. The normalized spacial score (nSPS) is 12.3. The molecule has 1 atom stereocenters. The molecule has 0 aromatic heterocycles. The zero-order chi connectivity index (χ0) is 14.0. The van der Waals surface area contributed by atoms with E-state index in [-0.39, 0.29) is 6.04 Å². The molecule has 0 spiro atoms. The van der Waals surface area contributed by atoms with Crippen molar-refractivity contribution in [2.75, 3.05) is 7.11 Å². The standard InChI is InChI=1S/C14H12Br3NO/c1-19-9-3-5-11(13(17)7-9)14(18)10-4-2-8(15)6-12(10)16/h2-7,14H,18H2,1H3. The number of hydrogen-bond acceptors (Lipinski definition) is 2. The summed E-state index contributed by atoms with van der Waals surface area (Å²) in [5.41, 5.74) is 8.40. The summed E-state index contributed by atoms with van der Waals surface area (Å²) in [6.07, 6.45) is 0. The Morgan fingerprint density at radius 1 is 0.947 bits per heavy atom. The van der Waals surface area contributed by atoms with Crippen LogP contribution in [0.3, 0.4) is 0 Å². The fraction of sp³-hybridized carbons (Fsp3) is 0.143. The summed E-state index contributed by atoms with van der Waals surface area (Å²) in [5, 5.41) is 0. The molecule has 2 N–H and O–H groups in total. The first-order chi connectivity index (χ1) is 9.02. The average molecular weight is 450 g/mol. The molecule has 0 saturated carbocycles. The Balaban J connectivity index is 2.41. The van der Waals surface area contributed by atoms with Crippen LogP contribution in [0.5, 0.6) is 5.75 Å². The minimum absolute atomic E-state index is 0.206.